The summed E-state index contributed by atoms with van der Waals surface area (Å²) in [7, 11) is 2.15. The normalized spacial score (nSPS) is 30.9. The monoisotopic (exact) mass is 322 g/mol. The van der Waals surface area contributed by atoms with E-state index < -0.39 is 0 Å². The molecule has 0 radical (unpaired) electrons. The van der Waals surface area contributed by atoms with Gasteiger partial charge in [-0.15, -0.1) is 0 Å². The predicted molar refractivity (Wildman–Crippen MR) is 92.3 cm³/mol. The number of likely N-dealkylation sites (N-methyl/N-ethyl adjacent to an activating group) is 1. The Morgan fingerprint density at radius 3 is 2.52 bits per heavy atom. The lowest BCUT2D eigenvalue weighted by Crippen LogP contribution is -2.64. The van der Waals surface area contributed by atoms with Crippen LogP contribution in [0.5, 0.6) is 0 Å². The van der Waals surface area contributed by atoms with Crippen molar-refractivity contribution in [3.63, 3.8) is 0 Å². The molecule has 0 N–H and O–H groups in total. The summed E-state index contributed by atoms with van der Waals surface area (Å²) in [5.41, 5.74) is 0.335. The van der Waals surface area contributed by atoms with Crippen molar-refractivity contribution < 1.29 is 9.53 Å². The van der Waals surface area contributed by atoms with Crippen molar-refractivity contribution in [1.82, 2.24) is 9.80 Å². The van der Waals surface area contributed by atoms with Crippen molar-refractivity contribution in [2.24, 2.45) is 11.3 Å². The molecule has 0 aromatic rings. The third-order valence-electron chi connectivity index (χ3n) is 6.70. The van der Waals surface area contributed by atoms with Gasteiger partial charge in [-0.3, -0.25) is 9.69 Å². The van der Waals surface area contributed by atoms with Crippen molar-refractivity contribution in [3.05, 3.63) is 0 Å². The number of likely N-dealkylation sites (tertiary alicyclic amines) is 1. The molecule has 3 aliphatic rings. The Hall–Kier alpha value is -0.610. The molecule has 3 rings (SSSR count). The van der Waals surface area contributed by atoms with Crippen LogP contribution in [0.15, 0.2) is 0 Å². The Bertz CT molecular complexity index is 412. The van der Waals surface area contributed by atoms with E-state index in [4.69, 9.17) is 4.74 Å². The van der Waals surface area contributed by atoms with E-state index in [1.54, 1.807) is 0 Å². The second-order valence-corrected chi connectivity index (χ2v) is 8.11. The quantitative estimate of drug-likeness (QED) is 0.780. The summed E-state index contributed by atoms with van der Waals surface area (Å²) >= 11 is 0. The van der Waals surface area contributed by atoms with Gasteiger partial charge >= 0.3 is 0 Å². The Kier molecular flexibility index (Phi) is 5.32. The number of ether oxygens (including phenoxy) is 1. The second-order valence-electron chi connectivity index (χ2n) is 8.11. The number of hydrogen-bond donors (Lipinski definition) is 0. The molecule has 0 aromatic heterocycles. The van der Waals surface area contributed by atoms with Gasteiger partial charge in [0.15, 0.2) is 0 Å². The highest BCUT2D eigenvalue weighted by Crippen LogP contribution is 2.56. The van der Waals surface area contributed by atoms with Crippen LogP contribution in [0, 0.1) is 11.3 Å². The highest BCUT2D eigenvalue weighted by atomic mass is 16.5. The molecule has 4 nitrogen and oxygen atoms in total. The minimum absolute atomic E-state index is 0.326. The average Bonchev–Trinajstić information content (AvgIpc) is 3.04. The summed E-state index contributed by atoms with van der Waals surface area (Å²) in [6.07, 6.45) is 9.06. The van der Waals surface area contributed by atoms with Gasteiger partial charge in [0.25, 0.3) is 0 Å². The van der Waals surface area contributed by atoms with Crippen molar-refractivity contribution in [1.29, 1.82) is 0 Å². The maximum absolute atomic E-state index is 12.6. The fourth-order valence-corrected chi connectivity index (χ4v) is 5.15. The van der Waals surface area contributed by atoms with Gasteiger partial charge in [-0.2, -0.15) is 0 Å². The number of amides is 1. The highest BCUT2D eigenvalue weighted by Gasteiger charge is 2.58. The first-order valence-corrected chi connectivity index (χ1v) is 9.66. The van der Waals surface area contributed by atoms with E-state index in [1.807, 2.05) is 0 Å². The summed E-state index contributed by atoms with van der Waals surface area (Å²) in [4.78, 5) is 17.0. The van der Waals surface area contributed by atoms with Crippen LogP contribution in [-0.2, 0) is 9.53 Å². The molecular weight excluding hydrogens is 288 g/mol. The van der Waals surface area contributed by atoms with E-state index in [0.717, 1.165) is 44.9 Å². The van der Waals surface area contributed by atoms with Crippen LogP contribution in [0.2, 0.25) is 0 Å². The minimum Gasteiger partial charge on any atom is -0.378 e. The smallest absolute Gasteiger partial charge is 0.236 e. The zero-order valence-corrected chi connectivity index (χ0v) is 15.2. The predicted octanol–water partition coefficient (Wildman–Crippen LogP) is 2.91. The number of nitrogens with zero attached hydrogens (tertiary/aromatic N) is 2. The summed E-state index contributed by atoms with van der Waals surface area (Å²) in [5, 5.41) is 0. The molecule has 2 aliphatic carbocycles. The molecule has 0 aromatic carbocycles. The lowest BCUT2D eigenvalue weighted by atomic mass is 9.60. The molecule has 1 saturated heterocycles. The van der Waals surface area contributed by atoms with Gasteiger partial charge in [-0.25, -0.2) is 0 Å². The standard InChI is InChI=1S/C19H34N2O2/c1-4-23-17-13-16(19(17)9-5-6-10-19)20(3)14-18(22)21-11-7-15(2)8-12-21/h15-17H,4-14H2,1-3H3/t16-,17-/m0/s1. The van der Waals surface area contributed by atoms with E-state index in [1.165, 1.54) is 25.7 Å². The Morgan fingerprint density at radius 1 is 1.26 bits per heavy atom. The molecular formula is C19H34N2O2. The average molecular weight is 322 g/mol. The third-order valence-corrected chi connectivity index (χ3v) is 6.70. The number of rotatable bonds is 5. The fourth-order valence-electron chi connectivity index (χ4n) is 5.15. The van der Waals surface area contributed by atoms with Crippen LogP contribution in [-0.4, -0.2) is 61.1 Å². The van der Waals surface area contributed by atoms with E-state index >= 15 is 0 Å². The molecule has 132 valence electrons. The molecule has 0 bridgehead atoms. The number of piperidine rings is 1. The van der Waals surface area contributed by atoms with Crippen LogP contribution in [0.4, 0.5) is 0 Å². The van der Waals surface area contributed by atoms with E-state index in [0.29, 0.717) is 30.0 Å². The SMILES string of the molecule is CCO[C@H]1C[C@H](N(C)CC(=O)N2CCC(C)CC2)C12CCCC2. The number of hydrogen-bond acceptors (Lipinski definition) is 3. The summed E-state index contributed by atoms with van der Waals surface area (Å²) in [6, 6.07) is 0.536. The van der Waals surface area contributed by atoms with Crippen LogP contribution >= 0.6 is 0 Å². The van der Waals surface area contributed by atoms with Crippen LogP contribution < -0.4 is 0 Å². The lowest BCUT2D eigenvalue weighted by Gasteiger charge is -2.57. The number of carbonyl (C=O) groups excluding carboxylic acids is 1. The van der Waals surface area contributed by atoms with Crippen LogP contribution in [0.1, 0.15) is 58.8 Å². The van der Waals surface area contributed by atoms with E-state index in [-0.39, 0.29) is 0 Å². The highest BCUT2D eigenvalue weighted by molar-refractivity contribution is 5.78. The maximum atomic E-state index is 12.6. The first-order valence-electron chi connectivity index (χ1n) is 9.66. The molecule has 1 aliphatic heterocycles. The van der Waals surface area contributed by atoms with Crippen LogP contribution in [0.3, 0.4) is 0 Å². The minimum atomic E-state index is 0.326. The summed E-state index contributed by atoms with van der Waals surface area (Å²) in [5.74, 6) is 1.10. The zero-order chi connectivity index (χ0) is 16.4. The zero-order valence-electron chi connectivity index (χ0n) is 15.2. The molecule has 0 unspecified atom stereocenters. The maximum Gasteiger partial charge on any atom is 0.236 e. The molecule has 3 fully saturated rings. The third kappa shape index (κ3) is 3.30. The molecule has 23 heavy (non-hydrogen) atoms. The van der Waals surface area contributed by atoms with Gasteiger partial charge < -0.3 is 9.64 Å². The molecule has 1 heterocycles. The largest absolute Gasteiger partial charge is 0.378 e. The lowest BCUT2D eigenvalue weighted by molar-refractivity contribution is -0.165. The van der Waals surface area contributed by atoms with Crippen molar-refractivity contribution in [2.75, 3.05) is 33.3 Å². The molecule has 4 heteroatoms. The topological polar surface area (TPSA) is 32.8 Å². The second kappa shape index (κ2) is 7.10. The van der Waals surface area contributed by atoms with E-state index in [9.17, 15) is 4.79 Å². The van der Waals surface area contributed by atoms with Gasteiger partial charge in [0.05, 0.1) is 12.6 Å². The Morgan fingerprint density at radius 2 is 1.91 bits per heavy atom. The van der Waals surface area contributed by atoms with Crippen LogP contribution in [0.25, 0.3) is 0 Å². The van der Waals surface area contributed by atoms with Gasteiger partial charge in [0, 0.05) is 31.2 Å². The van der Waals surface area contributed by atoms with Crippen molar-refractivity contribution >= 4 is 5.91 Å². The molecule has 2 saturated carbocycles. The van der Waals surface area contributed by atoms with Gasteiger partial charge in [0.1, 0.15) is 0 Å². The molecule has 1 spiro atoms. The summed E-state index contributed by atoms with van der Waals surface area (Å²) in [6.45, 7) is 7.68. The van der Waals surface area contributed by atoms with Crippen molar-refractivity contribution in [3.8, 4) is 0 Å². The first kappa shape index (κ1) is 17.2. The Labute approximate surface area is 141 Å². The first-order chi connectivity index (χ1) is 11.1. The van der Waals surface area contributed by atoms with Gasteiger partial charge in [-0.1, -0.05) is 19.8 Å². The van der Waals surface area contributed by atoms with Crippen molar-refractivity contribution in [2.45, 2.75) is 70.9 Å². The Balaban J connectivity index is 1.55. The molecule has 1 amide bonds. The number of carbonyl (C=O) groups is 1. The fraction of sp³-hybridized carbons (Fsp3) is 0.947. The van der Waals surface area contributed by atoms with Gasteiger partial charge in [0.2, 0.25) is 5.91 Å². The summed E-state index contributed by atoms with van der Waals surface area (Å²) < 4.78 is 6.01. The van der Waals surface area contributed by atoms with E-state index in [2.05, 4.69) is 30.7 Å². The van der Waals surface area contributed by atoms with Gasteiger partial charge in [-0.05, 0) is 52.0 Å². The molecule has 2 atom stereocenters.